The van der Waals surface area contributed by atoms with E-state index < -0.39 is 0 Å². The number of rotatable bonds is 4. The lowest BCUT2D eigenvalue weighted by molar-refractivity contribution is 0.0539. The zero-order chi connectivity index (χ0) is 6.69. The van der Waals surface area contributed by atoms with Crippen LogP contribution in [-0.2, 0) is 4.74 Å². The fourth-order valence-electron chi connectivity index (χ4n) is 0.868. The molecule has 1 rings (SSSR count). The van der Waals surface area contributed by atoms with Gasteiger partial charge in [-0.15, -0.1) is 0 Å². The van der Waals surface area contributed by atoms with Gasteiger partial charge in [0.15, 0.2) is 0 Å². The first-order valence-corrected chi connectivity index (χ1v) is 3.63. The maximum Gasteiger partial charge on any atom is 0.0674 e. The molecule has 2 nitrogen and oxygen atoms in total. The van der Waals surface area contributed by atoms with E-state index in [1.807, 2.05) is 7.05 Å². The van der Waals surface area contributed by atoms with E-state index in [0.717, 1.165) is 6.54 Å². The van der Waals surface area contributed by atoms with E-state index in [4.69, 9.17) is 4.74 Å². The lowest BCUT2D eigenvalue weighted by Gasteiger charge is -2.10. The summed E-state index contributed by atoms with van der Waals surface area (Å²) in [6.45, 7) is 3.07. The topological polar surface area (TPSA) is 21.3 Å². The summed E-state index contributed by atoms with van der Waals surface area (Å²) in [5.74, 6) is 0. The predicted octanol–water partition coefficient (Wildman–Crippen LogP) is 0.773. The molecule has 0 heterocycles. The second-order valence-electron chi connectivity index (χ2n) is 2.70. The van der Waals surface area contributed by atoms with Crippen LogP contribution in [0.3, 0.4) is 0 Å². The third kappa shape index (κ3) is 2.82. The molecule has 0 aromatic carbocycles. The van der Waals surface area contributed by atoms with Gasteiger partial charge in [-0.3, -0.25) is 0 Å². The standard InChI is InChI=1S/C7H15NO/c1-6(5-8-2)9-7-3-4-7/h6-8H,3-5H2,1-2H3. The van der Waals surface area contributed by atoms with Gasteiger partial charge in [-0.2, -0.15) is 0 Å². The highest BCUT2D eigenvalue weighted by molar-refractivity contribution is 4.74. The smallest absolute Gasteiger partial charge is 0.0674 e. The van der Waals surface area contributed by atoms with E-state index in [2.05, 4.69) is 12.2 Å². The minimum atomic E-state index is 0.391. The van der Waals surface area contributed by atoms with Crippen LogP contribution in [0.25, 0.3) is 0 Å². The van der Waals surface area contributed by atoms with Crippen molar-refractivity contribution in [2.45, 2.75) is 32.0 Å². The van der Waals surface area contributed by atoms with Gasteiger partial charge in [-0.05, 0) is 26.8 Å². The van der Waals surface area contributed by atoms with Gasteiger partial charge < -0.3 is 10.1 Å². The molecule has 1 N–H and O–H groups in total. The minimum Gasteiger partial charge on any atom is -0.374 e. The first kappa shape index (κ1) is 7.03. The maximum atomic E-state index is 5.54. The van der Waals surface area contributed by atoms with Crippen LogP contribution in [0.15, 0.2) is 0 Å². The highest BCUT2D eigenvalue weighted by Gasteiger charge is 2.23. The highest BCUT2D eigenvalue weighted by atomic mass is 16.5. The van der Waals surface area contributed by atoms with Gasteiger partial charge in [0, 0.05) is 6.54 Å². The Morgan fingerprint density at radius 2 is 2.33 bits per heavy atom. The third-order valence-electron chi connectivity index (χ3n) is 1.44. The molecule has 54 valence electrons. The fourth-order valence-corrected chi connectivity index (χ4v) is 0.868. The summed E-state index contributed by atoms with van der Waals surface area (Å²) in [5, 5.41) is 3.08. The van der Waals surface area contributed by atoms with Gasteiger partial charge in [0.2, 0.25) is 0 Å². The average Bonchev–Trinajstić information content (AvgIpc) is 2.50. The molecule has 0 radical (unpaired) electrons. The molecule has 0 spiro atoms. The summed E-state index contributed by atoms with van der Waals surface area (Å²) >= 11 is 0. The number of hydrogen-bond acceptors (Lipinski definition) is 2. The van der Waals surface area contributed by atoms with Crippen LogP contribution in [0.5, 0.6) is 0 Å². The molecular weight excluding hydrogens is 114 g/mol. The largest absolute Gasteiger partial charge is 0.374 e. The van der Waals surface area contributed by atoms with E-state index in [1.165, 1.54) is 12.8 Å². The van der Waals surface area contributed by atoms with Crippen molar-refractivity contribution in [2.24, 2.45) is 0 Å². The van der Waals surface area contributed by atoms with Gasteiger partial charge in [-0.1, -0.05) is 0 Å². The first-order valence-electron chi connectivity index (χ1n) is 3.63. The summed E-state index contributed by atoms with van der Waals surface area (Å²) in [6, 6.07) is 0. The van der Waals surface area contributed by atoms with E-state index in [-0.39, 0.29) is 0 Å². The molecule has 0 saturated heterocycles. The SMILES string of the molecule is CNCC(C)OC1CC1. The van der Waals surface area contributed by atoms with Crippen LogP contribution in [0, 0.1) is 0 Å². The molecule has 0 aromatic heterocycles. The van der Waals surface area contributed by atoms with E-state index in [1.54, 1.807) is 0 Å². The van der Waals surface area contributed by atoms with Crippen LogP contribution < -0.4 is 5.32 Å². The predicted molar refractivity (Wildman–Crippen MR) is 37.5 cm³/mol. The maximum absolute atomic E-state index is 5.54. The molecule has 0 bridgehead atoms. The van der Waals surface area contributed by atoms with Gasteiger partial charge in [0.1, 0.15) is 0 Å². The molecule has 2 heteroatoms. The Hall–Kier alpha value is -0.0800. The van der Waals surface area contributed by atoms with Crippen LogP contribution in [0.1, 0.15) is 19.8 Å². The van der Waals surface area contributed by atoms with Crippen molar-refractivity contribution in [3.8, 4) is 0 Å². The van der Waals surface area contributed by atoms with Crippen molar-refractivity contribution in [2.75, 3.05) is 13.6 Å². The number of ether oxygens (including phenoxy) is 1. The zero-order valence-electron chi connectivity index (χ0n) is 6.18. The normalized spacial score (nSPS) is 22.0. The molecule has 9 heavy (non-hydrogen) atoms. The summed E-state index contributed by atoms with van der Waals surface area (Å²) in [7, 11) is 1.95. The third-order valence-corrected chi connectivity index (χ3v) is 1.44. The van der Waals surface area contributed by atoms with E-state index in [0.29, 0.717) is 12.2 Å². The molecule has 1 aliphatic rings. The van der Waals surface area contributed by atoms with Crippen molar-refractivity contribution in [1.82, 2.24) is 5.32 Å². The lowest BCUT2D eigenvalue weighted by atomic mass is 10.4. The first-order chi connectivity index (χ1) is 4.33. The molecule has 0 aromatic rings. The second-order valence-corrected chi connectivity index (χ2v) is 2.70. The summed E-state index contributed by atoms with van der Waals surface area (Å²) in [6.07, 6.45) is 3.53. The summed E-state index contributed by atoms with van der Waals surface area (Å²) < 4.78 is 5.54. The van der Waals surface area contributed by atoms with Crippen molar-refractivity contribution in [3.05, 3.63) is 0 Å². The Bertz CT molecular complexity index is 81.0. The Morgan fingerprint density at radius 3 is 2.78 bits per heavy atom. The molecule has 1 fully saturated rings. The van der Waals surface area contributed by atoms with Crippen LogP contribution in [0.2, 0.25) is 0 Å². The Kier molecular flexibility index (Phi) is 2.49. The van der Waals surface area contributed by atoms with Crippen molar-refractivity contribution in [1.29, 1.82) is 0 Å². The lowest BCUT2D eigenvalue weighted by Crippen LogP contribution is -2.24. The number of hydrogen-bond donors (Lipinski definition) is 1. The zero-order valence-corrected chi connectivity index (χ0v) is 6.18. The van der Waals surface area contributed by atoms with Crippen molar-refractivity contribution < 1.29 is 4.74 Å². The Morgan fingerprint density at radius 1 is 1.67 bits per heavy atom. The van der Waals surface area contributed by atoms with Crippen LogP contribution in [-0.4, -0.2) is 25.8 Å². The molecule has 0 amide bonds. The van der Waals surface area contributed by atoms with Crippen LogP contribution >= 0.6 is 0 Å². The summed E-state index contributed by atoms with van der Waals surface area (Å²) in [4.78, 5) is 0. The quantitative estimate of drug-likeness (QED) is 0.605. The minimum absolute atomic E-state index is 0.391. The van der Waals surface area contributed by atoms with Crippen molar-refractivity contribution in [3.63, 3.8) is 0 Å². The molecule has 1 unspecified atom stereocenters. The van der Waals surface area contributed by atoms with Gasteiger partial charge in [0.05, 0.1) is 12.2 Å². The van der Waals surface area contributed by atoms with E-state index in [9.17, 15) is 0 Å². The molecule has 1 aliphatic carbocycles. The molecule has 1 saturated carbocycles. The number of nitrogens with one attached hydrogen (secondary N) is 1. The number of likely N-dealkylation sites (N-methyl/N-ethyl adjacent to an activating group) is 1. The van der Waals surface area contributed by atoms with Crippen molar-refractivity contribution >= 4 is 0 Å². The van der Waals surface area contributed by atoms with Gasteiger partial charge in [-0.25, -0.2) is 0 Å². The summed E-state index contributed by atoms with van der Waals surface area (Å²) in [5.41, 5.74) is 0. The Balaban J connectivity index is 1.95. The van der Waals surface area contributed by atoms with E-state index >= 15 is 0 Å². The highest BCUT2D eigenvalue weighted by Crippen LogP contribution is 2.24. The molecule has 1 atom stereocenters. The average molecular weight is 129 g/mol. The van der Waals surface area contributed by atoms with Crippen LogP contribution in [0.4, 0.5) is 0 Å². The second kappa shape index (κ2) is 3.18. The van der Waals surface area contributed by atoms with Gasteiger partial charge >= 0.3 is 0 Å². The Labute approximate surface area is 56.6 Å². The monoisotopic (exact) mass is 129 g/mol. The molecule has 0 aliphatic heterocycles. The molecular formula is C7H15NO. The fraction of sp³-hybridized carbons (Fsp3) is 1.00. The van der Waals surface area contributed by atoms with Gasteiger partial charge in [0.25, 0.3) is 0 Å².